The van der Waals surface area contributed by atoms with E-state index in [9.17, 15) is 4.79 Å². The largest absolute Gasteiger partial charge is 0.449 e. The molecule has 1 N–H and O–H groups in total. The lowest BCUT2D eigenvalue weighted by molar-refractivity contribution is 0.106. The van der Waals surface area contributed by atoms with Crippen molar-refractivity contribution in [2.24, 2.45) is 17.8 Å². The van der Waals surface area contributed by atoms with Crippen molar-refractivity contribution >= 4 is 6.09 Å². The molecular formula is C14H29NO2. The highest BCUT2D eigenvalue weighted by atomic mass is 16.5. The predicted octanol–water partition coefficient (Wildman–Crippen LogP) is 3.83. The minimum absolute atomic E-state index is 0.276. The van der Waals surface area contributed by atoms with E-state index in [1.54, 1.807) is 0 Å². The normalized spacial score (nSPS) is 16.1. The maximum atomic E-state index is 11.4. The van der Waals surface area contributed by atoms with E-state index < -0.39 is 0 Å². The summed E-state index contributed by atoms with van der Waals surface area (Å²) in [6, 6.07) is 0. The van der Waals surface area contributed by atoms with Gasteiger partial charge < -0.3 is 10.1 Å². The summed E-state index contributed by atoms with van der Waals surface area (Å²) in [7, 11) is 0. The number of carbonyl (C=O) groups excluding carboxylic acids is 1. The Balaban J connectivity index is 3.75. The SMILES string of the molecule is CCCCNC(=O)OCC(C)C(C)C(C)CC. The van der Waals surface area contributed by atoms with Crippen LogP contribution in [0.4, 0.5) is 4.79 Å². The second-order valence-corrected chi connectivity index (χ2v) is 5.10. The number of alkyl carbamates (subject to hydrolysis) is 1. The van der Waals surface area contributed by atoms with Crippen LogP contribution in [0.1, 0.15) is 53.9 Å². The molecule has 3 atom stereocenters. The lowest BCUT2D eigenvalue weighted by Crippen LogP contribution is -2.29. The van der Waals surface area contributed by atoms with Gasteiger partial charge >= 0.3 is 6.09 Å². The van der Waals surface area contributed by atoms with Crippen LogP contribution in [-0.4, -0.2) is 19.2 Å². The minimum Gasteiger partial charge on any atom is -0.449 e. The van der Waals surface area contributed by atoms with E-state index in [0.29, 0.717) is 30.9 Å². The summed E-state index contributed by atoms with van der Waals surface area (Å²) in [6.07, 6.45) is 2.99. The van der Waals surface area contributed by atoms with Crippen molar-refractivity contribution in [2.75, 3.05) is 13.2 Å². The van der Waals surface area contributed by atoms with Crippen LogP contribution in [0.25, 0.3) is 0 Å². The van der Waals surface area contributed by atoms with Crippen molar-refractivity contribution in [1.82, 2.24) is 5.32 Å². The van der Waals surface area contributed by atoms with Gasteiger partial charge in [0.05, 0.1) is 6.61 Å². The zero-order valence-electron chi connectivity index (χ0n) is 12.1. The molecule has 0 fully saturated rings. The molecule has 3 unspecified atom stereocenters. The van der Waals surface area contributed by atoms with Crippen LogP contribution >= 0.6 is 0 Å². The van der Waals surface area contributed by atoms with Gasteiger partial charge in [0.1, 0.15) is 0 Å². The summed E-state index contributed by atoms with van der Waals surface area (Å²) in [4.78, 5) is 11.4. The Kier molecular flexibility index (Phi) is 8.92. The Bertz CT molecular complexity index is 206. The molecule has 0 aliphatic carbocycles. The number of carbonyl (C=O) groups is 1. The van der Waals surface area contributed by atoms with E-state index in [0.717, 1.165) is 12.8 Å². The smallest absolute Gasteiger partial charge is 0.407 e. The van der Waals surface area contributed by atoms with Gasteiger partial charge in [-0.2, -0.15) is 0 Å². The first-order chi connectivity index (χ1) is 8.02. The summed E-state index contributed by atoms with van der Waals surface area (Å²) in [6.45, 7) is 12.2. The molecule has 0 aromatic rings. The van der Waals surface area contributed by atoms with Crippen LogP contribution < -0.4 is 5.32 Å². The van der Waals surface area contributed by atoms with Gasteiger partial charge in [0, 0.05) is 6.54 Å². The van der Waals surface area contributed by atoms with Gasteiger partial charge in [-0.25, -0.2) is 4.79 Å². The van der Waals surface area contributed by atoms with Gasteiger partial charge in [-0.05, 0) is 24.2 Å². The second-order valence-electron chi connectivity index (χ2n) is 5.10. The van der Waals surface area contributed by atoms with E-state index in [4.69, 9.17) is 4.74 Å². The summed E-state index contributed by atoms with van der Waals surface area (Å²) < 4.78 is 5.22. The van der Waals surface area contributed by atoms with Crippen molar-refractivity contribution in [1.29, 1.82) is 0 Å². The van der Waals surface area contributed by atoms with E-state index in [1.807, 2.05) is 0 Å². The molecular weight excluding hydrogens is 214 g/mol. The predicted molar refractivity (Wildman–Crippen MR) is 72.0 cm³/mol. The summed E-state index contributed by atoms with van der Waals surface area (Å²) >= 11 is 0. The fourth-order valence-corrected chi connectivity index (χ4v) is 1.71. The summed E-state index contributed by atoms with van der Waals surface area (Å²) in [5, 5.41) is 2.76. The third kappa shape index (κ3) is 7.24. The van der Waals surface area contributed by atoms with Crippen LogP contribution in [0.3, 0.4) is 0 Å². The Morgan fingerprint density at radius 1 is 1.18 bits per heavy atom. The molecule has 17 heavy (non-hydrogen) atoms. The number of ether oxygens (including phenoxy) is 1. The Morgan fingerprint density at radius 3 is 2.35 bits per heavy atom. The van der Waals surface area contributed by atoms with Crippen LogP contribution in [0, 0.1) is 17.8 Å². The van der Waals surface area contributed by atoms with E-state index in [1.165, 1.54) is 6.42 Å². The Hall–Kier alpha value is -0.730. The number of hydrogen-bond acceptors (Lipinski definition) is 2. The first kappa shape index (κ1) is 16.3. The maximum absolute atomic E-state index is 11.4. The Morgan fingerprint density at radius 2 is 1.82 bits per heavy atom. The zero-order chi connectivity index (χ0) is 13.3. The highest BCUT2D eigenvalue weighted by Gasteiger charge is 2.19. The molecule has 0 aliphatic heterocycles. The molecule has 102 valence electrons. The van der Waals surface area contributed by atoms with Crippen LogP contribution in [0.5, 0.6) is 0 Å². The molecule has 3 heteroatoms. The van der Waals surface area contributed by atoms with Crippen molar-refractivity contribution < 1.29 is 9.53 Å². The average Bonchev–Trinajstić information content (AvgIpc) is 2.34. The van der Waals surface area contributed by atoms with Crippen molar-refractivity contribution in [2.45, 2.75) is 53.9 Å². The van der Waals surface area contributed by atoms with Crippen molar-refractivity contribution in [3.63, 3.8) is 0 Å². The second kappa shape index (κ2) is 9.32. The number of amides is 1. The fourth-order valence-electron chi connectivity index (χ4n) is 1.71. The van der Waals surface area contributed by atoms with Gasteiger partial charge in [-0.15, -0.1) is 0 Å². The van der Waals surface area contributed by atoms with Crippen LogP contribution in [-0.2, 0) is 4.74 Å². The standard InChI is InChI=1S/C14H29NO2/c1-6-8-9-15-14(16)17-10-12(4)13(5)11(3)7-2/h11-13H,6-10H2,1-5H3,(H,15,16). The average molecular weight is 243 g/mol. The Labute approximate surface area is 106 Å². The van der Waals surface area contributed by atoms with E-state index >= 15 is 0 Å². The topological polar surface area (TPSA) is 38.3 Å². The number of hydrogen-bond donors (Lipinski definition) is 1. The molecule has 0 spiro atoms. The lowest BCUT2D eigenvalue weighted by Gasteiger charge is -2.24. The van der Waals surface area contributed by atoms with Crippen molar-refractivity contribution in [3.8, 4) is 0 Å². The third-order valence-corrected chi connectivity index (χ3v) is 3.72. The quantitative estimate of drug-likeness (QED) is 0.658. The molecule has 0 saturated heterocycles. The highest BCUT2D eigenvalue weighted by molar-refractivity contribution is 5.66. The molecule has 0 bridgehead atoms. The molecule has 0 radical (unpaired) electrons. The fraction of sp³-hybridized carbons (Fsp3) is 0.929. The van der Waals surface area contributed by atoms with Gasteiger partial charge in [0.25, 0.3) is 0 Å². The lowest BCUT2D eigenvalue weighted by atomic mass is 9.84. The maximum Gasteiger partial charge on any atom is 0.407 e. The first-order valence-corrected chi connectivity index (χ1v) is 6.93. The van der Waals surface area contributed by atoms with E-state index in [-0.39, 0.29) is 6.09 Å². The molecule has 0 rings (SSSR count). The summed E-state index contributed by atoms with van der Waals surface area (Å²) in [5.74, 6) is 1.68. The molecule has 0 heterocycles. The monoisotopic (exact) mass is 243 g/mol. The van der Waals surface area contributed by atoms with Crippen LogP contribution in [0.2, 0.25) is 0 Å². The zero-order valence-corrected chi connectivity index (χ0v) is 12.1. The third-order valence-electron chi connectivity index (χ3n) is 3.72. The molecule has 3 nitrogen and oxygen atoms in total. The number of unbranched alkanes of at least 4 members (excludes halogenated alkanes) is 1. The number of rotatable bonds is 8. The van der Waals surface area contributed by atoms with Crippen LogP contribution in [0.15, 0.2) is 0 Å². The van der Waals surface area contributed by atoms with Crippen molar-refractivity contribution in [3.05, 3.63) is 0 Å². The van der Waals surface area contributed by atoms with Gasteiger partial charge in [-0.3, -0.25) is 0 Å². The summed E-state index contributed by atoms with van der Waals surface area (Å²) in [5.41, 5.74) is 0. The first-order valence-electron chi connectivity index (χ1n) is 6.93. The number of nitrogens with one attached hydrogen (secondary N) is 1. The molecule has 0 aromatic carbocycles. The molecule has 0 aromatic heterocycles. The molecule has 0 aliphatic rings. The highest BCUT2D eigenvalue weighted by Crippen LogP contribution is 2.23. The minimum atomic E-state index is -0.276. The van der Waals surface area contributed by atoms with Gasteiger partial charge in [0.2, 0.25) is 0 Å². The van der Waals surface area contributed by atoms with Gasteiger partial charge in [0.15, 0.2) is 0 Å². The molecule has 1 amide bonds. The van der Waals surface area contributed by atoms with E-state index in [2.05, 4.69) is 39.9 Å². The van der Waals surface area contributed by atoms with Gasteiger partial charge in [-0.1, -0.05) is 47.5 Å². The molecule has 0 saturated carbocycles.